The molecule has 0 aliphatic carbocycles. The summed E-state index contributed by atoms with van der Waals surface area (Å²) in [4.78, 5) is 26.1. The molecule has 23 heavy (non-hydrogen) atoms. The molecule has 0 unspecified atom stereocenters. The van der Waals surface area contributed by atoms with Gasteiger partial charge < -0.3 is 10.6 Å². The van der Waals surface area contributed by atoms with Crippen molar-refractivity contribution in [2.75, 3.05) is 13.1 Å². The maximum Gasteiger partial charge on any atom is 0.253 e. The molecule has 0 radical (unpaired) electrons. The third-order valence-corrected chi connectivity index (χ3v) is 4.51. The van der Waals surface area contributed by atoms with Gasteiger partial charge in [-0.3, -0.25) is 14.7 Å². The molecule has 2 heterocycles. The van der Waals surface area contributed by atoms with Crippen LogP contribution in [0.1, 0.15) is 46.2 Å². The van der Waals surface area contributed by atoms with Crippen LogP contribution in [0.3, 0.4) is 0 Å². The second kappa shape index (κ2) is 5.87. The zero-order chi connectivity index (χ0) is 16.4. The van der Waals surface area contributed by atoms with Gasteiger partial charge in [0.25, 0.3) is 11.8 Å². The predicted molar refractivity (Wildman–Crippen MR) is 86.0 cm³/mol. The highest BCUT2D eigenvalue weighted by atomic mass is 16.2. The molecule has 2 aromatic rings. The van der Waals surface area contributed by atoms with Crippen LogP contribution in [0.5, 0.6) is 0 Å². The monoisotopic (exact) mass is 312 g/mol. The first-order valence-electron chi connectivity index (χ1n) is 7.69. The minimum absolute atomic E-state index is 0.0108. The first-order valence-corrected chi connectivity index (χ1v) is 7.69. The summed E-state index contributed by atoms with van der Waals surface area (Å²) in [7, 11) is 0. The number of benzene rings is 1. The summed E-state index contributed by atoms with van der Waals surface area (Å²) < 4.78 is 0. The van der Waals surface area contributed by atoms with Gasteiger partial charge in [-0.25, -0.2) is 0 Å². The van der Waals surface area contributed by atoms with E-state index in [1.165, 1.54) is 6.20 Å². The van der Waals surface area contributed by atoms with Crippen molar-refractivity contribution in [2.24, 2.45) is 5.73 Å². The summed E-state index contributed by atoms with van der Waals surface area (Å²) in [5, 5.41) is 6.87. The molecule has 1 aromatic heterocycles. The van der Waals surface area contributed by atoms with Crippen molar-refractivity contribution in [2.45, 2.75) is 25.2 Å². The number of nitrogens with one attached hydrogen (secondary N) is 1. The average Bonchev–Trinajstić information content (AvgIpc) is 3.06. The summed E-state index contributed by atoms with van der Waals surface area (Å²) in [6.07, 6.45) is 3.20. The Morgan fingerprint density at radius 2 is 2.04 bits per heavy atom. The first-order chi connectivity index (χ1) is 11.0. The lowest BCUT2D eigenvalue weighted by atomic mass is 9.77. The number of aromatic amines is 1. The van der Waals surface area contributed by atoms with E-state index in [-0.39, 0.29) is 11.3 Å². The highest BCUT2D eigenvalue weighted by Gasteiger charge is 2.38. The van der Waals surface area contributed by atoms with Gasteiger partial charge in [0.15, 0.2) is 0 Å². The third-order valence-electron chi connectivity index (χ3n) is 4.51. The third kappa shape index (κ3) is 2.84. The van der Waals surface area contributed by atoms with Crippen LogP contribution in [0.4, 0.5) is 0 Å². The van der Waals surface area contributed by atoms with Gasteiger partial charge in [0.2, 0.25) is 0 Å². The number of carbonyl (C=O) groups is 2. The maximum absolute atomic E-state index is 12.7. The Balaban J connectivity index is 1.87. The van der Waals surface area contributed by atoms with E-state index < -0.39 is 5.91 Å². The van der Waals surface area contributed by atoms with Gasteiger partial charge in [0.1, 0.15) is 0 Å². The molecule has 6 nitrogen and oxygen atoms in total. The molecule has 1 aromatic carbocycles. The first kappa shape index (κ1) is 15.3. The summed E-state index contributed by atoms with van der Waals surface area (Å²) in [6, 6.07) is 9.24. The number of rotatable bonds is 3. The van der Waals surface area contributed by atoms with Crippen molar-refractivity contribution in [3.05, 3.63) is 53.3 Å². The number of hydrogen-bond donors (Lipinski definition) is 2. The molecule has 0 spiro atoms. The molecule has 2 amide bonds. The quantitative estimate of drug-likeness (QED) is 0.903. The molecule has 0 bridgehead atoms. The van der Waals surface area contributed by atoms with Crippen LogP contribution in [0.2, 0.25) is 0 Å². The second-order valence-corrected chi connectivity index (χ2v) is 6.28. The van der Waals surface area contributed by atoms with Gasteiger partial charge in [0.05, 0.1) is 17.5 Å². The fraction of sp³-hybridized carbons (Fsp3) is 0.353. The van der Waals surface area contributed by atoms with Crippen LogP contribution in [-0.4, -0.2) is 40.0 Å². The molecular formula is C17H20N4O2. The molecular weight excluding hydrogens is 292 g/mol. The number of amides is 2. The van der Waals surface area contributed by atoms with Crippen molar-refractivity contribution in [1.82, 2.24) is 15.1 Å². The minimum Gasteiger partial charge on any atom is -0.365 e. The van der Waals surface area contributed by atoms with E-state index in [4.69, 9.17) is 5.73 Å². The molecule has 3 N–H and O–H groups in total. The van der Waals surface area contributed by atoms with Gasteiger partial charge in [-0.05, 0) is 25.0 Å². The second-order valence-electron chi connectivity index (χ2n) is 6.28. The number of nitrogens with two attached hydrogens (primary N) is 1. The Morgan fingerprint density at radius 3 is 2.74 bits per heavy atom. The van der Waals surface area contributed by atoms with Crippen LogP contribution < -0.4 is 5.73 Å². The van der Waals surface area contributed by atoms with E-state index in [9.17, 15) is 9.59 Å². The van der Waals surface area contributed by atoms with Crippen LogP contribution >= 0.6 is 0 Å². The zero-order valence-electron chi connectivity index (χ0n) is 13.1. The molecule has 1 atom stereocenters. The molecule has 3 rings (SSSR count). The van der Waals surface area contributed by atoms with E-state index >= 15 is 0 Å². The summed E-state index contributed by atoms with van der Waals surface area (Å²) in [5.41, 5.74) is 6.87. The largest absolute Gasteiger partial charge is 0.365 e. The lowest BCUT2D eigenvalue weighted by Gasteiger charge is -2.40. The zero-order valence-corrected chi connectivity index (χ0v) is 13.1. The number of likely N-dealkylation sites (tertiary alicyclic amines) is 1. The Bertz CT molecular complexity index is 725. The van der Waals surface area contributed by atoms with E-state index in [0.717, 1.165) is 18.5 Å². The fourth-order valence-electron chi connectivity index (χ4n) is 3.31. The topological polar surface area (TPSA) is 92.1 Å². The smallest absolute Gasteiger partial charge is 0.253 e. The van der Waals surface area contributed by atoms with Crippen molar-refractivity contribution in [3.8, 4) is 0 Å². The van der Waals surface area contributed by atoms with Crippen molar-refractivity contribution in [1.29, 1.82) is 0 Å². The molecule has 6 heteroatoms. The van der Waals surface area contributed by atoms with Gasteiger partial charge in [-0.15, -0.1) is 0 Å². The van der Waals surface area contributed by atoms with Crippen LogP contribution in [0.15, 0.2) is 36.5 Å². The van der Waals surface area contributed by atoms with Gasteiger partial charge in [-0.1, -0.05) is 25.1 Å². The lowest BCUT2D eigenvalue weighted by molar-refractivity contribution is 0.0647. The number of H-pyrrole nitrogens is 1. The van der Waals surface area contributed by atoms with Gasteiger partial charge in [0, 0.05) is 24.1 Å². The lowest BCUT2D eigenvalue weighted by Crippen LogP contribution is -2.47. The standard InChI is InChI=1S/C17H20N4O2/c1-17(14-13(15(18)22)10-19-20-14)8-5-9-21(11-17)16(23)12-6-3-2-4-7-12/h2-4,6-7,10H,5,8-9,11H2,1H3,(H2,18,22)(H,19,20)/t17-/m0/s1. The minimum atomic E-state index is -0.499. The van der Waals surface area contributed by atoms with E-state index in [0.29, 0.717) is 24.2 Å². The van der Waals surface area contributed by atoms with Crippen molar-refractivity contribution in [3.63, 3.8) is 0 Å². The fourth-order valence-corrected chi connectivity index (χ4v) is 3.31. The number of carbonyl (C=O) groups excluding carboxylic acids is 2. The Hall–Kier alpha value is -2.63. The van der Waals surface area contributed by atoms with Crippen LogP contribution in [0, 0.1) is 0 Å². The number of primary amides is 1. The number of aromatic nitrogens is 2. The van der Waals surface area contributed by atoms with Crippen LogP contribution in [0.25, 0.3) is 0 Å². The molecule has 0 saturated carbocycles. The molecule has 1 aliphatic heterocycles. The number of nitrogens with zero attached hydrogens (tertiary/aromatic N) is 2. The van der Waals surface area contributed by atoms with E-state index in [2.05, 4.69) is 10.2 Å². The maximum atomic E-state index is 12.7. The highest BCUT2D eigenvalue weighted by molar-refractivity contribution is 5.95. The Labute approximate surface area is 134 Å². The summed E-state index contributed by atoms with van der Waals surface area (Å²) in [5.74, 6) is -0.488. The highest BCUT2D eigenvalue weighted by Crippen LogP contribution is 2.34. The summed E-state index contributed by atoms with van der Waals surface area (Å²) in [6.45, 7) is 3.28. The Morgan fingerprint density at radius 1 is 1.30 bits per heavy atom. The summed E-state index contributed by atoms with van der Waals surface area (Å²) >= 11 is 0. The molecule has 1 fully saturated rings. The Kier molecular flexibility index (Phi) is 3.90. The van der Waals surface area contributed by atoms with Crippen molar-refractivity contribution < 1.29 is 9.59 Å². The van der Waals surface area contributed by atoms with E-state index in [1.54, 1.807) is 0 Å². The normalized spacial score (nSPS) is 21.2. The average molecular weight is 312 g/mol. The SMILES string of the molecule is C[C@]1(c2[nH]ncc2C(N)=O)CCCN(C(=O)c2ccccc2)C1. The molecule has 1 aliphatic rings. The van der Waals surface area contributed by atoms with Crippen molar-refractivity contribution >= 4 is 11.8 Å². The van der Waals surface area contributed by atoms with Gasteiger partial charge >= 0.3 is 0 Å². The number of hydrogen-bond acceptors (Lipinski definition) is 3. The molecule has 1 saturated heterocycles. The number of piperidine rings is 1. The molecule has 120 valence electrons. The van der Waals surface area contributed by atoms with Gasteiger partial charge in [-0.2, -0.15) is 5.10 Å². The predicted octanol–water partition coefficient (Wildman–Crippen LogP) is 1.70. The van der Waals surface area contributed by atoms with E-state index in [1.807, 2.05) is 42.2 Å². The van der Waals surface area contributed by atoms with Crippen LogP contribution in [-0.2, 0) is 5.41 Å².